The zero-order chi connectivity index (χ0) is 16.9. The zero-order valence-corrected chi connectivity index (χ0v) is 14.4. The van der Waals surface area contributed by atoms with Gasteiger partial charge in [-0.15, -0.1) is 0 Å². The van der Waals surface area contributed by atoms with Crippen molar-refractivity contribution in [3.63, 3.8) is 0 Å². The highest BCUT2D eigenvalue weighted by Gasteiger charge is 2.26. The largest absolute Gasteiger partial charge is 0.444 e. The van der Waals surface area contributed by atoms with Crippen LogP contribution in [0.25, 0.3) is 0 Å². The molecule has 0 spiro atoms. The summed E-state index contributed by atoms with van der Waals surface area (Å²) in [4.78, 5) is 16.1. The average molecular weight is 320 g/mol. The maximum absolute atomic E-state index is 12.1. The van der Waals surface area contributed by atoms with E-state index in [-0.39, 0.29) is 18.6 Å². The van der Waals surface area contributed by atoms with Crippen LogP contribution in [0.1, 0.15) is 32.3 Å². The smallest absolute Gasteiger partial charge is 0.410 e. The molecular weight excluding hydrogens is 292 g/mol. The number of benzene rings is 1. The van der Waals surface area contributed by atoms with Gasteiger partial charge in [-0.2, -0.15) is 0 Å². The molecule has 0 bridgehead atoms. The zero-order valence-electron chi connectivity index (χ0n) is 14.4. The van der Waals surface area contributed by atoms with Gasteiger partial charge in [-0.1, -0.05) is 30.3 Å². The van der Waals surface area contributed by atoms with E-state index in [2.05, 4.69) is 17.0 Å². The van der Waals surface area contributed by atoms with E-state index in [0.29, 0.717) is 13.1 Å². The van der Waals surface area contributed by atoms with E-state index in [1.54, 1.807) is 4.90 Å². The molecule has 128 valence electrons. The van der Waals surface area contributed by atoms with Crippen molar-refractivity contribution >= 4 is 6.09 Å². The summed E-state index contributed by atoms with van der Waals surface area (Å²) in [6.07, 6.45) is -0.237. The van der Waals surface area contributed by atoms with Crippen molar-refractivity contribution in [1.29, 1.82) is 0 Å². The van der Waals surface area contributed by atoms with Crippen molar-refractivity contribution in [3.8, 4) is 0 Å². The minimum atomic E-state index is -0.455. The van der Waals surface area contributed by atoms with E-state index in [0.717, 1.165) is 25.2 Å². The molecule has 1 aliphatic heterocycles. The van der Waals surface area contributed by atoms with E-state index in [4.69, 9.17) is 4.74 Å². The van der Waals surface area contributed by atoms with Gasteiger partial charge in [-0.3, -0.25) is 4.90 Å². The van der Waals surface area contributed by atoms with E-state index in [1.165, 1.54) is 0 Å². The highest BCUT2D eigenvalue weighted by atomic mass is 16.6. The van der Waals surface area contributed by atoms with Crippen molar-refractivity contribution < 1.29 is 14.6 Å². The summed E-state index contributed by atoms with van der Waals surface area (Å²) in [7, 11) is 0. The number of carbonyl (C=O) groups is 1. The maximum Gasteiger partial charge on any atom is 0.410 e. The summed E-state index contributed by atoms with van der Waals surface area (Å²) in [5, 5.41) is 9.67. The van der Waals surface area contributed by atoms with Crippen LogP contribution in [-0.4, -0.2) is 65.9 Å². The van der Waals surface area contributed by atoms with Crippen molar-refractivity contribution in [3.05, 3.63) is 35.9 Å². The van der Waals surface area contributed by atoms with Gasteiger partial charge < -0.3 is 14.7 Å². The van der Waals surface area contributed by atoms with Crippen LogP contribution in [0.15, 0.2) is 30.3 Å². The Labute approximate surface area is 138 Å². The molecule has 2 rings (SSSR count). The lowest BCUT2D eigenvalue weighted by atomic mass is 9.99. The molecule has 1 unspecified atom stereocenters. The summed E-state index contributed by atoms with van der Waals surface area (Å²) in [6, 6.07) is 10.1. The second-order valence-electron chi connectivity index (χ2n) is 7.06. The molecule has 23 heavy (non-hydrogen) atoms. The summed E-state index contributed by atoms with van der Waals surface area (Å²) in [5.41, 5.74) is 0.702. The molecule has 0 saturated carbocycles. The van der Waals surface area contributed by atoms with Gasteiger partial charge in [-0.05, 0) is 26.3 Å². The predicted octanol–water partition coefficient (Wildman–Crippen LogP) is 2.32. The highest BCUT2D eigenvalue weighted by molar-refractivity contribution is 5.68. The number of piperazine rings is 1. The number of ether oxygens (including phenoxy) is 1. The van der Waals surface area contributed by atoms with Crippen LogP contribution in [0.3, 0.4) is 0 Å². The van der Waals surface area contributed by atoms with E-state index >= 15 is 0 Å². The minimum Gasteiger partial charge on any atom is -0.444 e. The molecule has 1 saturated heterocycles. The van der Waals surface area contributed by atoms with Crippen molar-refractivity contribution in [2.45, 2.75) is 32.3 Å². The number of aliphatic hydroxyl groups is 1. The molecule has 1 aromatic rings. The Kier molecular flexibility index (Phi) is 6.02. The molecule has 1 fully saturated rings. The van der Waals surface area contributed by atoms with Crippen molar-refractivity contribution in [2.24, 2.45) is 0 Å². The summed E-state index contributed by atoms with van der Waals surface area (Å²) < 4.78 is 5.41. The Morgan fingerprint density at radius 1 is 1.17 bits per heavy atom. The van der Waals surface area contributed by atoms with E-state index in [1.807, 2.05) is 39.0 Å². The number of aliphatic hydroxyl groups excluding tert-OH is 1. The van der Waals surface area contributed by atoms with Crippen LogP contribution in [-0.2, 0) is 4.74 Å². The molecular formula is C18H28N2O3. The van der Waals surface area contributed by atoms with Crippen LogP contribution >= 0.6 is 0 Å². The molecule has 5 heteroatoms. The summed E-state index contributed by atoms with van der Waals surface area (Å²) in [5.74, 6) is 0.115. The monoisotopic (exact) mass is 320 g/mol. The topological polar surface area (TPSA) is 53.0 Å². The van der Waals surface area contributed by atoms with Crippen LogP contribution in [0.4, 0.5) is 4.79 Å². The van der Waals surface area contributed by atoms with Gasteiger partial charge in [0.15, 0.2) is 0 Å². The third kappa shape index (κ3) is 5.52. The number of carbonyl (C=O) groups excluding carboxylic acids is 1. The first-order chi connectivity index (χ1) is 10.9. The molecule has 0 aliphatic carbocycles. The Morgan fingerprint density at radius 3 is 2.30 bits per heavy atom. The molecule has 1 N–H and O–H groups in total. The third-order valence-electron chi connectivity index (χ3n) is 3.99. The maximum atomic E-state index is 12.1. The molecule has 0 aromatic heterocycles. The number of hydrogen-bond acceptors (Lipinski definition) is 4. The Bertz CT molecular complexity index is 491. The van der Waals surface area contributed by atoms with Gasteiger partial charge in [-0.25, -0.2) is 4.79 Å². The van der Waals surface area contributed by atoms with Gasteiger partial charge in [0.05, 0.1) is 6.61 Å². The summed E-state index contributed by atoms with van der Waals surface area (Å²) >= 11 is 0. The molecule has 1 atom stereocenters. The molecule has 1 aromatic carbocycles. The number of hydrogen-bond donors (Lipinski definition) is 1. The van der Waals surface area contributed by atoms with Crippen molar-refractivity contribution in [1.82, 2.24) is 9.80 Å². The van der Waals surface area contributed by atoms with Gasteiger partial charge in [0, 0.05) is 38.6 Å². The first-order valence-corrected chi connectivity index (χ1v) is 8.25. The molecule has 1 aliphatic rings. The standard InChI is InChI=1S/C18H28N2O3/c1-18(2,3)23-17(22)20-11-9-19(10-12-20)13-16(14-21)15-7-5-4-6-8-15/h4-8,16,21H,9-14H2,1-3H3. The molecule has 1 amide bonds. The van der Waals surface area contributed by atoms with E-state index < -0.39 is 5.60 Å². The minimum absolute atomic E-state index is 0.115. The van der Waals surface area contributed by atoms with Gasteiger partial charge >= 0.3 is 6.09 Å². The molecule has 5 nitrogen and oxygen atoms in total. The average Bonchev–Trinajstić information content (AvgIpc) is 2.52. The molecule has 0 radical (unpaired) electrons. The van der Waals surface area contributed by atoms with Gasteiger partial charge in [0.25, 0.3) is 0 Å². The highest BCUT2D eigenvalue weighted by Crippen LogP contribution is 2.18. The van der Waals surface area contributed by atoms with Crippen LogP contribution in [0.2, 0.25) is 0 Å². The Morgan fingerprint density at radius 2 is 1.78 bits per heavy atom. The normalized spacial score (nSPS) is 17.8. The fourth-order valence-corrected chi connectivity index (χ4v) is 2.74. The Hall–Kier alpha value is -1.59. The lowest BCUT2D eigenvalue weighted by molar-refractivity contribution is 0.0135. The third-order valence-corrected chi connectivity index (χ3v) is 3.99. The molecule has 1 heterocycles. The summed E-state index contributed by atoms with van der Waals surface area (Å²) in [6.45, 7) is 9.54. The van der Waals surface area contributed by atoms with Gasteiger partial charge in [0.1, 0.15) is 5.60 Å². The second kappa shape index (κ2) is 7.79. The van der Waals surface area contributed by atoms with Crippen LogP contribution in [0.5, 0.6) is 0 Å². The Balaban J connectivity index is 1.83. The lowest BCUT2D eigenvalue weighted by Gasteiger charge is -2.36. The quantitative estimate of drug-likeness (QED) is 0.925. The first kappa shape index (κ1) is 17.8. The van der Waals surface area contributed by atoms with Crippen LogP contribution < -0.4 is 0 Å². The van der Waals surface area contributed by atoms with Crippen LogP contribution in [0, 0.1) is 0 Å². The lowest BCUT2D eigenvalue weighted by Crippen LogP contribution is -2.50. The van der Waals surface area contributed by atoms with Crippen molar-refractivity contribution in [2.75, 3.05) is 39.3 Å². The van der Waals surface area contributed by atoms with E-state index in [9.17, 15) is 9.90 Å². The number of rotatable bonds is 4. The number of amides is 1. The fraction of sp³-hybridized carbons (Fsp3) is 0.611. The predicted molar refractivity (Wildman–Crippen MR) is 90.5 cm³/mol. The SMILES string of the molecule is CC(C)(C)OC(=O)N1CCN(CC(CO)c2ccccc2)CC1. The fourth-order valence-electron chi connectivity index (χ4n) is 2.74. The number of nitrogens with zero attached hydrogens (tertiary/aromatic N) is 2. The first-order valence-electron chi connectivity index (χ1n) is 8.25. The second-order valence-corrected chi connectivity index (χ2v) is 7.06. The van der Waals surface area contributed by atoms with Gasteiger partial charge in [0.2, 0.25) is 0 Å².